The van der Waals surface area contributed by atoms with Crippen LogP contribution in [0.3, 0.4) is 0 Å². The lowest BCUT2D eigenvalue weighted by molar-refractivity contribution is -0.385. The summed E-state index contributed by atoms with van der Waals surface area (Å²) in [5.41, 5.74) is 1.07. The Kier molecular flexibility index (Phi) is 9.89. The SMILES string of the molecule is CC(C)(C)C1CCC(N(Cc2ccc(C(=O)Nc3ccc(O)c([N+](=O)[O-])c3)cc2)C(=O)Nc2ccc(OC(F)(F)F)cc2)CC1. The highest BCUT2D eigenvalue weighted by Gasteiger charge is 2.34. The molecule has 3 N–H and O–H groups in total. The Morgan fingerprint density at radius 3 is 2.09 bits per heavy atom. The lowest BCUT2D eigenvalue weighted by Gasteiger charge is -2.41. The van der Waals surface area contributed by atoms with E-state index >= 15 is 0 Å². The van der Waals surface area contributed by atoms with E-state index in [1.807, 2.05) is 0 Å². The normalized spacial score (nSPS) is 16.8. The number of ether oxygens (including phenoxy) is 1. The molecule has 240 valence electrons. The molecule has 0 aliphatic heterocycles. The number of benzene rings is 3. The van der Waals surface area contributed by atoms with Gasteiger partial charge in [-0.05, 0) is 91.1 Å². The van der Waals surface area contributed by atoms with Crippen molar-refractivity contribution in [1.82, 2.24) is 4.90 Å². The Bertz CT molecular complexity index is 1510. The predicted molar refractivity (Wildman–Crippen MR) is 162 cm³/mol. The second kappa shape index (κ2) is 13.4. The first-order valence-electron chi connectivity index (χ1n) is 14.4. The quantitative estimate of drug-likeness (QED) is 0.131. The minimum Gasteiger partial charge on any atom is -0.502 e. The summed E-state index contributed by atoms with van der Waals surface area (Å²) >= 11 is 0. The van der Waals surface area contributed by atoms with Crippen LogP contribution in [0.5, 0.6) is 11.5 Å². The van der Waals surface area contributed by atoms with E-state index in [0.29, 0.717) is 11.6 Å². The summed E-state index contributed by atoms with van der Waals surface area (Å²) in [6.45, 7) is 6.83. The number of nitro groups is 1. The number of urea groups is 1. The van der Waals surface area contributed by atoms with Crippen molar-refractivity contribution in [2.24, 2.45) is 11.3 Å². The van der Waals surface area contributed by atoms with E-state index in [1.165, 1.54) is 18.2 Å². The van der Waals surface area contributed by atoms with Gasteiger partial charge in [-0.15, -0.1) is 13.2 Å². The number of nitro benzene ring substituents is 1. The van der Waals surface area contributed by atoms with Crippen LogP contribution in [-0.2, 0) is 6.54 Å². The molecule has 0 saturated heterocycles. The summed E-state index contributed by atoms with van der Waals surface area (Å²) in [7, 11) is 0. The van der Waals surface area contributed by atoms with E-state index in [4.69, 9.17) is 0 Å². The lowest BCUT2D eigenvalue weighted by atomic mass is 9.71. The van der Waals surface area contributed by atoms with Crippen molar-refractivity contribution in [2.45, 2.75) is 65.4 Å². The zero-order chi connectivity index (χ0) is 32.9. The van der Waals surface area contributed by atoms with Gasteiger partial charge in [0.1, 0.15) is 5.75 Å². The number of phenols is 1. The zero-order valence-corrected chi connectivity index (χ0v) is 25.1. The van der Waals surface area contributed by atoms with Gasteiger partial charge in [0, 0.05) is 35.6 Å². The average molecular weight is 629 g/mol. The van der Waals surface area contributed by atoms with E-state index in [2.05, 4.69) is 36.1 Å². The summed E-state index contributed by atoms with van der Waals surface area (Å²) < 4.78 is 41.5. The second-order valence-corrected chi connectivity index (χ2v) is 12.1. The molecule has 1 aliphatic rings. The number of nitrogens with one attached hydrogen (secondary N) is 2. The van der Waals surface area contributed by atoms with E-state index in [9.17, 15) is 38.0 Å². The van der Waals surface area contributed by atoms with Crippen LogP contribution in [0.2, 0.25) is 0 Å². The molecule has 1 saturated carbocycles. The van der Waals surface area contributed by atoms with Gasteiger partial charge in [0.25, 0.3) is 5.91 Å². The number of anilines is 2. The molecule has 3 aromatic carbocycles. The first kappa shape index (κ1) is 33.1. The predicted octanol–water partition coefficient (Wildman–Crippen LogP) is 8.09. The highest BCUT2D eigenvalue weighted by Crippen LogP contribution is 2.39. The molecule has 1 fully saturated rings. The molecule has 0 bridgehead atoms. The maximum absolute atomic E-state index is 13.6. The number of rotatable bonds is 8. The van der Waals surface area contributed by atoms with Crippen LogP contribution in [0.1, 0.15) is 62.4 Å². The van der Waals surface area contributed by atoms with Gasteiger partial charge in [-0.25, -0.2) is 4.79 Å². The molecule has 3 aromatic rings. The lowest BCUT2D eigenvalue weighted by Crippen LogP contribution is -2.45. The molecule has 0 spiro atoms. The van der Waals surface area contributed by atoms with E-state index < -0.39 is 40.4 Å². The molecule has 3 amide bonds. The van der Waals surface area contributed by atoms with Crippen LogP contribution >= 0.6 is 0 Å². The Hall–Kier alpha value is -4.81. The van der Waals surface area contributed by atoms with Crippen molar-refractivity contribution < 1.29 is 37.5 Å². The minimum absolute atomic E-state index is 0.0790. The average Bonchev–Trinajstić information content (AvgIpc) is 2.97. The van der Waals surface area contributed by atoms with Gasteiger partial charge >= 0.3 is 18.1 Å². The second-order valence-electron chi connectivity index (χ2n) is 12.1. The van der Waals surface area contributed by atoms with Crippen LogP contribution in [0.25, 0.3) is 0 Å². The number of amides is 3. The third-order valence-corrected chi connectivity index (χ3v) is 7.96. The van der Waals surface area contributed by atoms with Crippen molar-refractivity contribution in [1.29, 1.82) is 0 Å². The first-order chi connectivity index (χ1) is 21.1. The van der Waals surface area contributed by atoms with Crippen LogP contribution < -0.4 is 15.4 Å². The Morgan fingerprint density at radius 1 is 0.933 bits per heavy atom. The fourth-order valence-electron chi connectivity index (χ4n) is 5.46. The monoisotopic (exact) mass is 628 g/mol. The molecule has 0 aromatic heterocycles. The summed E-state index contributed by atoms with van der Waals surface area (Å²) in [6, 6.07) is 14.5. The maximum atomic E-state index is 13.6. The molecule has 0 radical (unpaired) electrons. The van der Waals surface area contributed by atoms with E-state index in [-0.39, 0.29) is 29.3 Å². The molecular formula is C32H35F3N4O6. The molecule has 4 rings (SSSR count). The van der Waals surface area contributed by atoms with Gasteiger partial charge in [0.2, 0.25) is 0 Å². The molecule has 0 atom stereocenters. The number of carbonyl (C=O) groups is 2. The van der Waals surface area contributed by atoms with Gasteiger partial charge < -0.3 is 25.4 Å². The smallest absolute Gasteiger partial charge is 0.502 e. The zero-order valence-electron chi connectivity index (χ0n) is 25.1. The molecule has 0 heterocycles. The van der Waals surface area contributed by atoms with Crippen LogP contribution in [0.4, 0.5) is 35.0 Å². The Balaban J connectivity index is 1.48. The number of alkyl halides is 3. The molecule has 10 nitrogen and oxygen atoms in total. The van der Waals surface area contributed by atoms with Crippen LogP contribution in [0, 0.1) is 21.4 Å². The molecule has 0 unspecified atom stereocenters. The number of phenolic OH excluding ortho intramolecular Hbond substituents is 1. The number of aromatic hydroxyl groups is 1. The topological polar surface area (TPSA) is 134 Å². The molecular weight excluding hydrogens is 593 g/mol. The molecule has 45 heavy (non-hydrogen) atoms. The maximum Gasteiger partial charge on any atom is 0.573 e. The van der Waals surface area contributed by atoms with Gasteiger partial charge in [-0.2, -0.15) is 0 Å². The van der Waals surface area contributed by atoms with E-state index in [1.54, 1.807) is 29.2 Å². The molecule has 13 heteroatoms. The number of nitrogens with zero attached hydrogens (tertiary/aromatic N) is 2. The number of halogens is 3. The third-order valence-electron chi connectivity index (χ3n) is 7.96. The van der Waals surface area contributed by atoms with Crippen LogP contribution in [0.15, 0.2) is 66.7 Å². The Morgan fingerprint density at radius 2 is 1.53 bits per heavy atom. The first-order valence-corrected chi connectivity index (χ1v) is 14.4. The summed E-state index contributed by atoms with van der Waals surface area (Å²) in [5, 5.41) is 26.1. The van der Waals surface area contributed by atoms with Crippen LogP contribution in [-0.4, -0.2) is 39.3 Å². The Labute approximate surface area is 258 Å². The summed E-state index contributed by atoms with van der Waals surface area (Å²) in [6.07, 6.45) is -1.37. The molecule has 1 aliphatic carbocycles. The van der Waals surface area contributed by atoms with Crippen molar-refractivity contribution in [3.05, 3.63) is 88.0 Å². The third kappa shape index (κ3) is 9.10. The van der Waals surface area contributed by atoms with Gasteiger partial charge in [-0.3, -0.25) is 14.9 Å². The van der Waals surface area contributed by atoms with E-state index in [0.717, 1.165) is 55.5 Å². The number of hydrogen-bond acceptors (Lipinski definition) is 6. The minimum atomic E-state index is -4.82. The summed E-state index contributed by atoms with van der Waals surface area (Å²) in [5.74, 6) is -0.928. The fraction of sp³-hybridized carbons (Fsp3) is 0.375. The fourth-order valence-corrected chi connectivity index (χ4v) is 5.46. The van der Waals surface area contributed by atoms with Gasteiger partial charge in [0.15, 0.2) is 5.75 Å². The van der Waals surface area contributed by atoms with Crippen molar-refractivity contribution >= 4 is 29.0 Å². The highest BCUT2D eigenvalue weighted by atomic mass is 19.4. The standard InChI is InChI=1S/C32H35F3N4O6/c1-31(2,3)22-8-13-25(14-9-22)38(30(42)37-23-10-15-26(16-11-23)45-32(33,34)35)19-20-4-6-21(7-5-20)29(41)36-24-12-17-28(40)27(18-24)39(43)44/h4-7,10-12,15-18,22,25,40H,8-9,13-14,19H2,1-3H3,(H,36,41)(H,37,42). The largest absolute Gasteiger partial charge is 0.573 e. The van der Waals surface area contributed by atoms with Crippen molar-refractivity contribution in [3.8, 4) is 11.5 Å². The van der Waals surface area contributed by atoms with Crippen molar-refractivity contribution in [2.75, 3.05) is 10.6 Å². The van der Waals surface area contributed by atoms with Crippen molar-refractivity contribution in [3.63, 3.8) is 0 Å². The van der Waals surface area contributed by atoms with Gasteiger partial charge in [0.05, 0.1) is 4.92 Å². The van der Waals surface area contributed by atoms with Gasteiger partial charge in [-0.1, -0.05) is 32.9 Å². The number of carbonyl (C=O) groups excluding carboxylic acids is 2. The highest BCUT2D eigenvalue weighted by molar-refractivity contribution is 6.04. The number of hydrogen-bond donors (Lipinski definition) is 3. The summed E-state index contributed by atoms with van der Waals surface area (Å²) in [4.78, 5) is 38.4.